The molecule has 1 amide bonds. The lowest BCUT2D eigenvalue weighted by Gasteiger charge is -2.25. The normalized spacial score (nSPS) is 22.1. The van der Waals surface area contributed by atoms with Crippen molar-refractivity contribution in [1.82, 2.24) is 10.2 Å². The fourth-order valence-corrected chi connectivity index (χ4v) is 2.67. The van der Waals surface area contributed by atoms with Gasteiger partial charge in [-0.15, -0.1) is 0 Å². The highest BCUT2D eigenvalue weighted by molar-refractivity contribution is 5.84. The number of para-hydroxylation sites is 1. The van der Waals surface area contributed by atoms with Gasteiger partial charge in [0.1, 0.15) is 11.9 Å². The molecule has 1 N–H and O–H groups in total. The second-order valence-electron chi connectivity index (χ2n) is 5.03. The Kier molecular flexibility index (Phi) is 5.12. The average Bonchev–Trinajstić information content (AvgIpc) is 2.76. The zero-order valence-corrected chi connectivity index (χ0v) is 12.2. The van der Waals surface area contributed by atoms with Crippen molar-refractivity contribution in [2.75, 3.05) is 13.7 Å². The minimum Gasteiger partial charge on any atom is -0.496 e. The van der Waals surface area contributed by atoms with E-state index in [1.807, 2.05) is 6.92 Å². The predicted octanol–water partition coefficient (Wildman–Crippen LogP) is 2.56. The fraction of sp³-hybridized carbons (Fsp3) is 0.533. The van der Waals surface area contributed by atoms with E-state index in [0.29, 0.717) is 17.7 Å². The molecule has 0 bridgehead atoms. The number of nitrogens with one attached hydrogen (secondary N) is 1. The zero-order valence-electron chi connectivity index (χ0n) is 12.2. The Hall–Kier alpha value is -1.69. The number of ether oxygens (including phenoxy) is 1. The van der Waals surface area contributed by atoms with Crippen LogP contribution in [0.2, 0.25) is 0 Å². The number of nitrogens with zero attached hydrogens (tertiary/aromatic N) is 1. The molecular formula is C15H20F2N2O2. The van der Waals surface area contributed by atoms with Gasteiger partial charge in [0.25, 0.3) is 6.43 Å². The summed E-state index contributed by atoms with van der Waals surface area (Å²) < 4.78 is 30.9. The van der Waals surface area contributed by atoms with Crippen molar-refractivity contribution >= 4 is 5.91 Å². The summed E-state index contributed by atoms with van der Waals surface area (Å²) in [6.07, 6.45) is -1.69. The van der Waals surface area contributed by atoms with Gasteiger partial charge in [-0.25, -0.2) is 8.78 Å². The van der Waals surface area contributed by atoms with Gasteiger partial charge >= 0.3 is 0 Å². The van der Waals surface area contributed by atoms with Crippen LogP contribution < -0.4 is 10.1 Å². The molecule has 0 radical (unpaired) electrons. The molecule has 116 valence electrons. The molecule has 0 saturated carbocycles. The number of benzene rings is 1. The summed E-state index contributed by atoms with van der Waals surface area (Å²) in [4.78, 5) is 13.5. The number of hydrogen-bond donors (Lipinski definition) is 1. The number of amides is 1. The van der Waals surface area contributed by atoms with E-state index in [1.54, 1.807) is 24.3 Å². The highest BCUT2D eigenvalue weighted by Crippen LogP contribution is 2.33. The van der Waals surface area contributed by atoms with E-state index >= 15 is 0 Å². The van der Waals surface area contributed by atoms with Crippen molar-refractivity contribution in [3.63, 3.8) is 0 Å². The maximum absolute atomic E-state index is 12.8. The summed E-state index contributed by atoms with van der Waals surface area (Å²) in [6, 6.07) is 6.74. The molecule has 1 saturated heterocycles. The molecule has 6 heteroatoms. The number of alkyl halides is 2. The molecule has 2 atom stereocenters. The van der Waals surface area contributed by atoms with E-state index in [1.165, 1.54) is 12.0 Å². The Bertz CT molecular complexity index is 496. The van der Waals surface area contributed by atoms with Crippen LogP contribution in [0.15, 0.2) is 24.3 Å². The first-order valence-electron chi connectivity index (χ1n) is 7.06. The van der Waals surface area contributed by atoms with Crippen LogP contribution in [0.4, 0.5) is 8.78 Å². The number of hydrogen-bond acceptors (Lipinski definition) is 3. The molecule has 0 aliphatic carbocycles. The van der Waals surface area contributed by atoms with Gasteiger partial charge < -0.3 is 9.64 Å². The third-order valence-corrected chi connectivity index (χ3v) is 3.60. The third kappa shape index (κ3) is 3.32. The first-order chi connectivity index (χ1) is 10.1. The van der Waals surface area contributed by atoms with Crippen LogP contribution in [0.5, 0.6) is 5.75 Å². The van der Waals surface area contributed by atoms with Gasteiger partial charge in [-0.1, -0.05) is 31.5 Å². The number of carbonyl (C=O) groups excluding carboxylic acids is 1. The monoisotopic (exact) mass is 298 g/mol. The topological polar surface area (TPSA) is 41.6 Å². The van der Waals surface area contributed by atoms with Gasteiger partial charge in [-0.05, 0) is 12.5 Å². The quantitative estimate of drug-likeness (QED) is 0.877. The molecule has 1 aromatic rings. The van der Waals surface area contributed by atoms with Gasteiger partial charge in [-0.2, -0.15) is 0 Å². The van der Waals surface area contributed by atoms with Crippen LogP contribution in [0, 0.1) is 0 Å². The Morgan fingerprint density at radius 1 is 1.38 bits per heavy atom. The first kappa shape index (κ1) is 15.7. The van der Waals surface area contributed by atoms with Crippen molar-refractivity contribution in [3.05, 3.63) is 29.8 Å². The molecule has 2 rings (SSSR count). The lowest BCUT2D eigenvalue weighted by atomic mass is 10.1. The number of carbonyl (C=O) groups is 1. The minimum absolute atomic E-state index is 0.270. The SMILES string of the molecule is CCCC1NC(c2ccccc2OC)N(CC(F)F)C1=O. The van der Waals surface area contributed by atoms with Gasteiger partial charge in [-0.3, -0.25) is 10.1 Å². The summed E-state index contributed by atoms with van der Waals surface area (Å²) >= 11 is 0. The second-order valence-corrected chi connectivity index (χ2v) is 5.03. The third-order valence-electron chi connectivity index (χ3n) is 3.60. The number of rotatable bonds is 6. The summed E-state index contributed by atoms with van der Waals surface area (Å²) in [6.45, 7) is 1.39. The van der Waals surface area contributed by atoms with Crippen LogP contribution in [-0.4, -0.2) is 36.9 Å². The number of halogens is 2. The summed E-state index contributed by atoms with van der Waals surface area (Å²) in [5.74, 6) is 0.312. The Balaban J connectivity index is 2.32. The van der Waals surface area contributed by atoms with Crippen LogP contribution in [0.3, 0.4) is 0 Å². The van der Waals surface area contributed by atoms with Crippen LogP contribution >= 0.6 is 0 Å². The predicted molar refractivity (Wildman–Crippen MR) is 75.3 cm³/mol. The van der Waals surface area contributed by atoms with E-state index in [9.17, 15) is 13.6 Å². The van der Waals surface area contributed by atoms with E-state index in [2.05, 4.69) is 5.32 Å². The van der Waals surface area contributed by atoms with Crippen molar-refractivity contribution < 1.29 is 18.3 Å². The Labute approximate surface area is 123 Å². The lowest BCUT2D eigenvalue weighted by Crippen LogP contribution is -2.35. The molecule has 21 heavy (non-hydrogen) atoms. The lowest BCUT2D eigenvalue weighted by molar-refractivity contribution is -0.132. The summed E-state index contributed by atoms with van der Waals surface area (Å²) in [5.41, 5.74) is 0.701. The van der Waals surface area contributed by atoms with E-state index in [0.717, 1.165) is 6.42 Å². The molecule has 1 aliphatic heterocycles. The van der Waals surface area contributed by atoms with Crippen molar-refractivity contribution in [2.45, 2.75) is 38.4 Å². The fourth-order valence-electron chi connectivity index (χ4n) is 2.67. The maximum atomic E-state index is 12.8. The van der Waals surface area contributed by atoms with E-state index in [-0.39, 0.29) is 5.91 Å². The standard InChI is InChI=1S/C15H20F2N2O2/c1-3-6-11-15(20)19(9-13(16)17)14(18-11)10-7-4-5-8-12(10)21-2/h4-5,7-8,11,13-14,18H,3,6,9H2,1-2H3. The smallest absolute Gasteiger partial charge is 0.255 e. The van der Waals surface area contributed by atoms with Crippen molar-refractivity contribution in [2.24, 2.45) is 0 Å². The maximum Gasteiger partial charge on any atom is 0.255 e. The molecule has 1 aliphatic rings. The molecule has 1 aromatic carbocycles. The van der Waals surface area contributed by atoms with E-state index < -0.39 is 25.2 Å². The van der Waals surface area contributed by atoms with E-state index in [4.69, 9.17) is 4.74 Å². The Morgan fingerprint density at radius 2 is 2.10 bits per heavy atom. The zero-order chi connectivity index (χ0) is 15.4. The van der Waals surface area contributed by atoms with Crippen molar-refractivity contribution in [1.29, 1.82) is 0 Å². The Morgan fingerprint density at radius 3 is 2.71 bits per heavy atom. The molecule has 1 heterocycles. The highest BCUT2D eigenvalue weighted by atomic mass is 19.3. The van der Waals surface area contributed by atoms with Crippen LogP contribution in [0.25, 0.3) is 0 Å². The highest BCUT2D eigenvalue weighted by Gasteiger charge is 2.41. The molecule has 0 aromatic heterocycles. The van der Waals surface area contributed by atoms with Gasteiger partial charge in [0.05, 0.1) is 19.7 Å². The minimum atomic E-state index is -2.56. The van der Waals surface area contributed by atoms with Gasteiger partial charge in [0.15, 0.2) is 0 Å². The number of methoxy groups -OCH3 is 1. The molecule has 0 spiro atoms. The average molecular weight is 298 g/mol. The molecular weight excluding hydrogens is 278 g/mol. The summed E-state index contributed by atoms with van der Waals surface area (Å²) in [5, 5.41) is 3.15. The van der Waals surface area contributed by atoms with Gasteiger partial charge in [0, 0.05) is 5.56 Å². The molecule has 4 nitrogen and oxygen atoms in total. The molecule has 1 fully saturated rings. The van der Waals surface area contributed by atoms with Crippen molar-refractivity contribution in [3.8, 4) is 5.75 Å². The summed E-state index contributed by atoms with van der Waals surface area (Å²) in [7, 11) is 1.52. The molecule has 2 unspecified atom stereocenters. The first-order valence-corrected chi connectivity index (χ1v) is 7.06. The van der Waals surface area contributed by atoms with Crippen LogP contribution in [-0.2, 0) is 4.79 Å². The second kappa shape index (κ2) is 6.85. The van der Waals surface area contributed by atoms with Crippen LogP contribution in [0.1, 0.15) is 31.5 Å². The largest absolute Gasteiger partial charge is 0.496 e. The van der Waals surface area contributed by atoms with Gasteiger partial charge in [0.2, 0.25) is 5.91 Å².